The third-order valence-electron chi connectivity index (χ3n) is 10.0. The minimum absolute atomic E-state index is 0.285. The van der Waals surface area contributed by atoms with Crippen molar-refractivity contribution in [2.45, 2.75) is 14.7 Å². The quantitative estimate of drug-likeness (QED) is 0.0950. The van der Waals surface area contributed by atoms with Crippen LogP contribution in [0.15, 0.2) is 136 Å². The lowest BCUT2D eigenvalue weighted by atomic mass is 10.0. The predicted molar refractivity (Wildman–Crippen MR) is 228 cm³/mol. The Bertz CT molecular complexity index is 3300. The highest BCUT2D eigenvalue weighted by molar-refractivity contribution is 7.86. The largest absolute Gasteiger partial charge is 0.354 e. The standard InChI is InChI=1S/C43H29N5O9S3/c49-58(50,51)29-7-1-25(2-8-29)40-32-13-15-34(45-32)41(26-3-9-30(10-4-26)59(52,53)54)36-17-19-38(47-36)43(28-21-23-44-24-22-28)39-20-18-37(48-39)42(35-16-14-33(40)46-35)27-5-11-31(12-6-27)60(55,56)57/h1-24,47-48H,(H,49,50,51)(H,52,53,54)(H,55,56,57). The molecule has 2 aliphatic rings. The van der Waals surface area contributed by atoms with Gasteiger partial charge in [0.05, 0.1) is 37.5 Å². The molecular weight excluding hydrogens is 827 g/mol. The van der Waals surface area contributed by atoms with Crippen molar-refractivity contribution in [3.63, 3.8) is 0 Å². The molecule has 0 saturated carbocycles. The van der Waals surface area contributed by atoms with Crippen LogP contribution in [0, 0.1) is 0 Å². The van der Waals surface area contributed by atoms with Gasteiger partial charge < -0.3 is 9.97 Å². The number of nitrogens with one attached hydrogen (secondary N) is 2. The highest BCUT2D eigenvalue weighted by Gasteiger charge is 2.21. The molecule has 0 fully saturated rings. The summed E-state index contributed by atoms with van der Waals surface area (Å²) in [6, 6.07) is 28.3. The molecule has 0 spiro atoms. The third-order valence-corrected chi connectivity index (χ3v) is 12.6. The normalized spacial score (nSPS) is 12.8. The van der Waals surface area contributed by atoms with Gasteiger partial charge in [0, 0.05) is 56.7 Å². The minimum atomic E-state index is -4.51. The molecule has 60 heavy (non-hydrogen) atoms. The van der Waals surface area contributed by atoms with E-state index in [0.29, 0.717) is 78.2 Å². The Kier molecular flexibility index (Phi) is 9.31. The Morgan fingerprint density at radius 2 is 0.633 bits per heavy atom. The van der Waals surface area contributed by atoms with Gasteiger partial charge in [0.25, 0.3) is 30.4 Å². The second kappa shape index (κ2) is 14.5. The third kappa shape index (κ3) is 7.25. The summed E-state index contributed by atoms with van der Waals surface area (Å²) in [6.45, 7) is 0. The zero-order chi connectivity index (χ0) is 42.0. The predicted octanol–water partition coefficient (Wildman–Crippen LogP) is 8.46. The fraction of sp³-hybridized carbons (Fsp3) is 0. The summed E-state index contributed by atoms with van der Waals surface area (Å²) >= 11 is 0. The smallest absolute Gasteiger partial charge is 0.294 e. The molecule has 3 aromatic carbocycles. The van der Waals surface area contributed by atoms with Crippen molar-refractivity contribution >= 4 is 76.7 Å². The summed E-state index contributed by atoms with van der Waals surface area (Å²) in [5, 5.41) is 0. The molecule has 4 aromatic heterocycles. The van der Waals surface area contributed by atoms with Crippen LogP contribution in [0.1, 0.15) is 22.8 Å². The maximum absolute atomic E-state index is 12.0. The van der Waals surface area contributed by atoms with E-state index in [1.807, 2.05) is 36.4 Å². The number of H-pyrrole nitrogens is 2. The van der Waals surface area contributed by atoms with Crippen LogP contribution in [-0.4, -0.2) is 63.8 Å². The van der Waals surface area contributed by atoms with E-state index in [4.69, 9.17) is 9.97 Å². The molecule has 6 heterocycles. The van der Waals surface area contributed by atoms with E-state index in [1.165, 1.54) is 48.5 Å². The maximum atomic E-state index is 12.0. The van der Waals surface area contributed by atoms with Crippen molar-refractivity contribution < 1.29 is 38.9 Å². The van der Waals surface area contributed by atoms with E-state index < -0.39 is 30.4 Å². The van der Waals surface area contributed by atoms with E-state index in [-0.39, 0.29) is 14.7 Å². The lowest BCUT2D eigenvalue weighted by Gasteiger charge is -2.08. The molecule has 0 unspecified atom stereocenters. The molecular formula is C43H29N5O9S3. The molecule has 0 amide bonds. The van der Waals surface area contributed by atoms with Crippen molar-refractivity contribution in [3.8, 4) is 44.5 Å². The van der Waals surface area contributed by atoms with Crippen molar-refractivity contribution in [2.75, 3.05) is 0 Å². The first-order valence-electron chi connectivity index (χ1n) is 17.9. The van der Waals surface area contributed by atoms with Crippen LogP contribution in [0.2, 0.25) is 0 Å². The molecule has 0 saturated heterocycles. The Morgan fingerprint density at radius 1 is 0.350 bits per heavy atom. The fourth-order valence-electron chi connectivity index (χ4n) is 7.32. The van der Waals surface area contributed by atoms with Gasteiger partial charge in [-0.05, 0) is 119 Å². The van der Waals surface area contributed by atoms with Crippen molar-refractivity contribution in [1.29, 1.82) is 0 Å². The first-order valence-corrected chi connectivity index (χ1v) is 22.2. The number of nitrogens with zero attached hydrogens (tertiary/aromatic N) is 3. The van der Waals surface area contributed by atoms with E-state index in [0.717, 1.165) is 11.1 Å². The number of aromatic amines is 2. The highest BCUT2D eigenvalue weighted by Crippen LogP contribution is 2.39. The first kappa shape index (κ1) is 38.6. The van der Waals surface area contributed by atoms with Gasteiger partial charge in [-0.1, -0.05) is 36.4 Å². The van der Waals surface area contributed by atoms with Crippen LogP contribution in [0.5, 0.6) is 0 Å². The average Bonchev–Trinajstić information content (AvgIpc) is 4.06. The summed E-state index contributed by atoms with van der Waals surface area (Å²) < 4.78 is 101. The van der Waals surface area contributed by atoms with Crippen molar-refractivity contribution in [2.24, 2.45) is 0 Å². The van der Waals surface area contributed by atoms with Crippen LogP contribution in [-0.2, 0) is 30.4 Å². The molecule has 9 rings (SSSR count). The molecule has 5 N–H and O–H groups in total. The Labute approximate surface area is 342 Å². The Balaban J connectivity index is 1.44. The summed E-state index contributed by atoms with van der Waals surface area (Å²) in [7, 11) is -13.5. The van der Waals surface area contributed by atoms with Gasteiger partial charge in [-0.25, -0.2) is 9.97 Å². The SMILES string of the molecule is O=S(=O)(O)c1ccc(-c2c3nc(c(-c4ccc(S(=O)(=O)O)cc4)c4ccc([nH]4)c(-c4ccncc4)c4ccc([nH]4)c(-c4ccc(S(=O)(=O)O)cc4)c4nc2C=C4)C=C3)cc1. The summed E-state index contributed by atoms with van der Waals surface area (Å²) in [5.41, 5.74) is 9.32. The second-order valence-corrected chi connectivity index (χ2v) is 18.0. The van der Waals surface area contributed by atoms with Gasteiger partial charge in [-0.3, -0.25) is 18.6 Å². The van der Waals surface area contributed by atoms with Gasteiger partial charge in [0.15, 0.2) is 0 Å². The van der Waals surface area contributed by atoms with Crippen LogP contribution in [0.25, 0.3) is 90.9 Å². The topological polar surface area (TPSA) is 233 Å². The number of benzene rings is 3. The van der Waals surface area contributed by atoms with Gasteiger partial charge in [-0.2, -0.15) is 25.3 Å². The zero-order valence-corrected chi connectivity index (χ0v) is 33.2. The molecule has 17 heteroatoms. The van der Waals surface area contributed by atoms with Crippen molar-refractivity contribution in [3.05, 3.63) is 144 Å². The van der Waals surface area contributed by atoms with Gasteiger partial charge in [-0.15, -0.1) is 0 Å². The Morgan fingerprint density at radius 3 is 0.967 bits per heavy atom. The molecule has 0 aliphatic carbocycles. The van der Waals surface area contributed by atoms with Gasteiger partial charge >= 0.3 is 0 Å². The molecule has 2 aliphatic heterocycles. The van der Waals surface area contributed by atoms with Gasteiger partial charge in [0.2, 0.25) is 0 Å². The summed E-state index contributed by atoms with van der Waals surface area (Å²) in [5.74, 6) is 0. The molecule has 8 bridgehead atoms. The van der Waals surface area contributed by atoms with E-state index in [2.05, 4.69) is 15.0 Å². The second-order valence-electron chi connectivity index (χ2n) is 13.7. The number of rotatable bonds is 7. The molecule has 298 valence electrons. The van der Waals surface area contributed by atoms with Crippen LogP contribution in [0.4, 0.5) is 0 Å². The molecule has 0 atom stereocenters. The van der Waals surface area contributed by atoms with E-state index in [1.54, 1.807) is 61.0 Å². The Hall–Kier alpha value is -6.86. The van der Waals surface area contributed by atoms with Gasteiger partial charge in [0.1, 0.15) is 0 Å². The van der Waals surface area contributed by atoms with Crippen LogP contribution >= 0.6 is 0 Å². The van der Waals surface area contributed by atoms with E-state index in [9.17, 15) is 38.9 Å². The number of aromatic nitrogens is 5. The fourth-order valence-corrected chi connectivity index (χ4v) is 8.76. The lowest BCUT2D eigenvalue weighted by molar-refractivity contribution is 0.481. The van der Waals surface area contributed by atoms with Crippen LogP contribution < -0.4 is 0 Å². The lowest BCUT2D eigenvalue weighted by Crippen LogP contribution is -1.98. The average molecular weight is 856 g/mol. The number of fused-ring (bicyclic) bond motifs is 8. The molecule has 14 nitrogen and oxygen atoms in total. The summed E-state index contributed by atoms with van der Waals surface area (Å²) in [4.78, 5) is 20.6. The monoisotopic (exact) mass is 855 g/mol. The highest BCUT2D eigenvalue weighted by atomic mass is 32.2. The van der Waals surface area contributed by atoms with Crippen molar-refractivity contribution in [1.82, 2.24) is 24.9 Å². The molecule has 0 radical (unpaired) electrons. The summed E-state index contributed by atoms with van der Waals surface area (Å²) in [6.07, 6.45) is 10.5. The number of hydrogen-bond acceptors (Lipinski definition) is 9. The van der Waals surface area contributed by atoms with Crippen LogP contribution in [0.3, 0.4) is 0 Å². The first-order chi connectivity index (χ1) is 28.6. The maximum Gasteiger partial charge on any atom is 0.294 e. The number of hydrogen-bond donors (Lipinski definition) is 5. The van der Waals surface area contributed by atoms with E-state index >= 15 is 0 Å². The number of pyridine rings is 1. The zero-order valence-electron chi connectivity index (χ0n) is 30.7. The molecule has 7 aromatic rings. The minimum Gasteiger partial charge on any atom is -0.354 e.